The van der Waals surface area contributed by atoms with Gasteiger partial charge in [0.05, 0.1) is 12.7 Å². The largest absolute Gasteiger partial charge is 0.465 e. The second kappa shape index (κ2) is 6.35. The lowest BCUT2D eigenvalue weighted by molar-refractivity contribution is 0.0600. The number of rotatable bonds is 4. The molecule has 5 heteroatoms. The van der Waals surface area contributed by atoms with Crippen LogP contribution in [0.4, 0.5) is 0 Å². The first-order chi connectivity index (χ1) is 8.19. The van der Waals surface area contributed by atoms with Gasteiger partial charge in [-0.15, -0.1) is 0 Å². The van der Waals surface area contributed by atoms with Crippen molar-refractivity contribution in [3.05, 3.63) is 51.4 Å². The fourth-order valence-corrected chi connectivity index (χ4v) is 1.38. The van der Waals surface area contributed by atoms with E-state index in [9.17, 15) is 4.79 Å². The van der Waals surface area contributed by atoms with E-state index in [0.29, 0.717) is 5.56 Å². The third-order valence-electron chi connectivity index (χ3n) is 2.16. The van der Waals surface area contributed by atoms with E-state index in [0.717, 1.165) is 11.1 Å². The van der Waals surface area contributed by atoms with Crippen LogP contribution < -0.4 is 0 Å². The highest BCUT2D eigenvalue weighted by Crippen LogP contribution is 2.14. The third kappa shape index (κ3) is 3.66. The number of methoxy groups -OCH3 is 1. The normalized spacial score (nSPS) is 10.0. The molecule has 1 rings (SSSR count). The molecule has 0 amide bonds. The lowest BCUT2D eigenvalue weighted by atomic mass is 10.0. The molecule has 0 aliphatic heterocycles. The molecule has 0 fully saturated rings. The van der Waals surface area contributed by atoms with Gasteiger partial charge in [0.15, 0.2) is 0 Å². The maximum Gasteiger partial charge on any atom is 0.338 e. The molecule has 0 atom stereocenters. The highest BCUT2D eigenvalue weighted by Gasteiger charge is 2.09. The van der Waals surface area contributed by atoms with Crippen molar-refractivity contribution in [2.75, 3.05) is 13.7 Å². The van der Waals surface area contributed by atoms with Gasteiger partial charge in [-0.3, -0.25) is 0 Å². The van der Waals surface area contributed by atoms with Crippen LogP contribution in [0.25, 0.3) is 16.5 Å². The minimum Gasteiger partial charge on any atom is -0.465 e. The molecular formula is C12H13N3O2. The average molecular weight is 231 g/mol. The van der Waals surface area contributed by atoms with Crippen LogP contribution in [0, 0.1) is 6.92 Å². The fourth-order valence-electron chi connectivity index (χ4n) is 1.38. The maximum atomic E-state index is 11.5. The molecule has 0 radical (unpaired) electrons. The van der Waals surface area contributed by atoms with E-state index in [1.807, 2.05) is 19.1 Å². The van der Waals surface area contributed by atoms with Gasteiger partial charge < -0.3 is 4.74 Å². The van der Waals surface area contributed by atoms with Crippen LogP contribution in [0.3, 0.4) is 0 Å². The van der Waals surface area contributed by atoms with Gasteiger partial charge in [0, 0.05) is 11.5 Å². The number of aryl methyl sites for hydroxylation is 1. The number of azide groups is 1. The molecule has 0 heterocycles. The molecule has 0 saturated carbocycles. The van der Waals surface area contributed by atoms with Crippen molar-refractivity contribution in [3.8, 4) is 0 Å². The monoisotopic (exact) mass is 231 g/mol. The average Bonchev–Trinajstić information content (AvgIpc) is 2.34. The van der Waals surface area contributed by atoms with E-state index in [2.05, 4.69) is 14.8 Å². The third-order valence-corrected chi connectivity index (χ3v) is 2.16. The summed E-state index contributed by atoms with van der Waals surface area (Å²) in [6.45, 7) is 2.19. The Morgan fingerprint density at radius 3 is 3.00 bits per heavy atom. The molecule has 0 unspecified atom stereocenters. The second-order valence-electron chi connectivity index (χ2n) is 3.40. The fraction of sp³-hybridized carbons (Fsp3) is 0.250. The number of ether oxygens (including phenoxy) is 1. The van der Waals surface area contributed by atoms with Gasteiger partial charge in [0.1, 0.15) is 0 Å². The van der Waals surface area contributed by atoms with Gasteiger partial charge in [-0.25, -0.2) is 4.79 Å². The van der Waals surface area contributed by atoms with Crippen LogP contribution in [0.1, 0.15) is 21.5 Å². The molecule has 0 spiro atoms. The predicted molar refractivity (Wildman–Crippen MR) is 65.6 cm³/mol. The van der Waals surface area contributed by atoms with Crippen LogP contribution in [0.2, 0.25) is 0 Å². The van der Waals surface area contributed by atoms with Gasteiger partial charge in [-0.05, 0) is 24.1 Å². The van der Waals surface area contributed by atoms with E-state index in [1.54, 1.807) is 18.2 Å². The van der Waals surface area contributed by atoms with E-state index >= 15 is 0 Å². The molecule has 1 aromatic carbocycles. The molecule has 17 heavy (non-hydrogen) atoms. The molecule has 0 saturated heterocycles. The zero-order valence-electron chi connectivity index (χ0n) is 9.75. The number of carbonyl (C=O) groups excluding carboxylic acids is 1. The van der Waals surface area contributed by atoms with Crippen LogP contribution in [0.15, 0.2) is 29.4 Å². The predicted octanol–water partition coefficient (Wildman–Crippen LogP) is 3.11. The highest BCUT2D eigenvalue weighted by atomic mass is 16.5. The van der Waals surface area contributed by atoms with E-state index in [4.69, 9.17) is 5.53 Å². The first kappa shape index (κ1) is 12.8. The number of carbonyl (C=O) groups is 1. The van der Waals surface area contributed by atoms with Crippen molar-refractivity contribution in [1.82, 2.24) is 0 Å². The molecule has 0 bridgehead atoms. The van der Waals surface area contributed by atoms with Crippen molar-refractivity contribution in [2.24, 2.45) is 5.11 Å². The molecule has 5 nitrogen and oxygen atoms in total. The molecule has 0 N–H and O–H groups in total. The molecular weight excluding hydrogens is 218 g/mol. The zero-order chi connectivity index (χ0) is 12.7. The Hall–Kier alpha value is -2.26. The summed E-state index contributed by atoms with van der Waals surface area (Å²) in [4.78, 5) is 14.1. The Bertz CT molecular complexity index is 489. The molecule has 0 aliphatic rings. The van der Waals surface area contributed by atoms with Crippen LogP contribution >= 0.6 is 0 Å². The van der Waals surface area contributed by atoms with E-state index in [1.165, 1.54) is 7.11 Å². The summed E-state index contributed by atoms with van der Waals surface area (Å²) in [5.74, 6) is -0.381. The minimum atomic E-state index is -0.381. The van der Waals surface area contributed by atoms with E-state index < -0.39 is 0 Å². The van der Waals surface area contributed by atoms with Gasteiger partial charge in [-0.2, -0.15) is 0 Å². The number of nitrogens with zero attached hydrogens (tertiary/aromatic N) is 3. The van der Waals surface area contributed by atoms with Crippen LogP contribution in [-0.2, 0) is 4.74 Å². The Balaban J connectivity index is 3.02. The summed E-state index contributed by atoms with van der Waals surface area (Å²) in [7, 11) is 1.34. The summed E-state index contributed by atoms with van der Waals surface area (Å²) in [5, 5.41) is 3.38. The smallest absolute Gasteiger partial charge is 0.338 e. The number of benzene rings is 1. The zero-order valence-corrected chi connectivity index (χ0v) is 9.75. The van der Waals surface area contributed by atoms with Crippen molar-refractivity contribution < 1.29 is 9.53 Å². The number of hydrogen-bond acceptors (Lipinski definition) is 3. The lowest BCUT2D eigenvalue weighted by Gasteiger charge is -2.05. The summed E-state index contributed by atoms with van der Waals surface area (Å²) in [6, 6.07) is 5.43. The van der Waals surface area contributed by atoms with E-state index in [-0.39, 0.29) is 12.5 Å². The standard InChI is InChI=1S/C12H13N3O2/c1-9-5-6-11(12(16)17-2)10(8-9)4-3-7-14-15-13/h3-6,8H,7H2,1-2H3. The Labute approximate surface area is 99.3 Å². The minimum absolute atomic E-state index is 0.255. The van der Waals surface area contributed by atoms with Crippen LogP contribution in [-0.4, -0.2) is 19.6 Å². The first-order valence-corrected chi connectivity index (χ1v) is 5.05. The van der Waals surface area contributed by atoms with Gasteiger partial charge >= 0.3 is 5.97 Å². The van der Waals surface area contributed by atoms with Crippen molar-refractivity contribution in [1.29, 1.82) is 0 Å². The SMILES string of the molecule is COC(=O)c1ccc(C)cc1C=CCN=[N+]=[N-]. The first-order valence-electron chi connectivity index (χ1n) is 5.05. The van der Waals surface area contributed by atoms with Gasteiger partial charge in [-0.1, -0.05) is 35.0 Å². The van der Waals surface area contributed by atoms with Crippen molar-refractivity contribution in [2.45, 2.75) is 6.92 Å². The van der Waals surface area contributed by atoms with Crippen molar-refractivity contribution in [3.63, 3.8) is 0 Å². The molecule has 0 aliphatic carbocycles. The topological polar surface area (TPSA) is 75.1 Å². The maximum absolute atomic E-state index is 11.5. The number of esters is 1. The van der Waals surface area contributed by atoms with Crippen molar-refractivity contribution >= 4 is 12.0 Å². The summed E-state index contributed by atoms with van der Waals surface area (Å²) < 4.78 is 4.69. The summed E-state index contributed by atoms with van der Waals surface area (Å²) >= 11 is 0. The molecule has 0 aromatic heterocycles. The lowest BCUT2D eigenvalue weighted by Crippen LogP contribution is -2.03. The van der Waals surface area contributed by atoms with Gasteiger partial charge in [0.2, 0.25) is 0 Å². The Kier molecular flexibility index (Phi) is 4.78. The van der Waals surface area contributed by atoms with Gasteiger partial charge in [0.25, 0.3) is 0 Å². The molecule has 88 valence electrons. The van der Waals surface area contributed by atoms with Crippen LogP contribution in [0.5, 0.6) is 0 Å². The highest BCUT2D eigenvalue weighted by molar-refractivity contribution is 5.93. The number of hydrogen-bond donors (Lipinski definition) is 0. The summed E-state index contributed by atoms with van der Waals surface area (Å²) in [6.07, 6.45) is 3.44. The Morgan fingerprint density at radius 1 is 1.59 bits per heavy atom. The Morgan fingerprint density at radius 2 is 2.35 bits per heavy atom. The molecule has 1 aromatic rings. The summed E-state index contributed by atoms with van der Waals surface area (Å²) in [5.41, 5.74) is 10.4. The second-order valence-corrected chi connectivity index (χ2v) is 3.40. The quantitative estimate of drug-likeness (QED) is 0.345.